The van der Waals surface area contributed by atoms with E-state index in [1.54, 1.807) is 21.3 Å². The molecule has 0 bridgehead atoms. The van der Waals surface area contributed by atoms with Crippen LogP contribution in [0, 0.1) is 41.5 Å². The highest BCUT2D eigenvalue weighted by molar-refractivity contribution is 5.63. The Labute approximate surface area is 187 Å². The van der Waals surface area contributed by atoms with Crippen molar-refractivity contribution in [3.8, 4) is 17.2 Å². The maximum atomic E-state index is 5.90. The van der Waals surface area contributed by atoms with Crippen LogP contribution in [0.15, 0.2) is 36.4 Å². The fourth-order valence-electron chi connectivity index (χ4n) is 5.04. The van der Waals surface area contributed by atoms with E-state index in [4.69, 9.17) is 14.2 Å². The number of hydrogen-bond acceptors (Lipinski definition) is 3. The topological polar surface area (TPSA) is 27.7 Å². The van der Waals surface area contributed by atoms with Crippen LogP contribution < -0.4 is 14.2 Å². The van der Waals surface area contributed by atoms with E-state index in [0.29, 0.717) is 5.75 Å². The Kier molecular flexibility index (Phi) is 6.64. The van der Waals surface area contributed by atoms with Gasteiger partial charge in [0.05, 0.1) is 21.3 Å². The largest absolute Gasteiger partial charge is 0.496 e. The first kappa shape index (κ1) is 22.7. The molecule has 0 fully saturated rings. The smallest absolute Gasteiger partial charge is 0.130 e. The van der Waals surface area contributed by atoms with Gasteiger partial charge in [0.2, 0.25) is 0 Å². The SMILES string of the molecule is COc1cc(OC)c(C(c2c(C)cc(C)cc2C)c2c(C)cc(C)cc2C)c(OC)c1. The van der Waals surface area contributed by atoms with Crippen molar-refractivity contribution in [1.29, 1.82) is 0 Å². The lowest BCUT2D eigenvalue weighted by atomic mass is 9.76. The van der Waals surface area contributed by atoms with E-state index in [2.05, 4.69) is 65.8 Å². The van der Waals surface area contributed by atoms with E-state index in [1.165, 1.54) is 44.5 Å². The molecule has 0 heterocycles. The van der Waals surface area contributed by atoms with Crippen LogP contribution in [0.2, 0.25) is 0 Å². The fourth-order valence-corrected chi connectivity index (χ4v) is 5.04. The zero-order valence-corrected chi connectivity index (χ0v) is 20.3. The standard InChI is InChI=1S/C28H34O3/c1-16-10-18(3)25(19(4)11-16)28(26-20(5)12-17(2)13-21(26)6)27-23(30-8)14-22(29-7)15-24(27)31-9/h10-15,28H,1-9H3. The average molecular weight is 419 g/mol. The monoisotopic (exact) mass is 418 g/mol. The van der Waals surface area contributed by atoms with Crippen LogP contribution in [0.4, 0.5) is 0 Å². The molecule has 164 valence electrons. The van der Waals surface area contributed by atoms with Gasteiger partial charge in [-0.2, -0.15) is 0 Å². The summed E-state index contributed by atoms with van der Waals surface area (Å²) >= 11 is 0. The van der Waals surface area contributed by atoms with E-state index < -0.39 is 0 Å². The van der Waals surface area contributed by atoms with Crippen LogP contribution in [0.5, 0.6) is 17.2 Å². The number of rotatable bonds is 6. The summed E-state index contributed by atoms with van der Waals surface area (Å²) in [7, 11) is 5.07. The van der Waals surface area contributed by atoms with Crippen molar-refractivity contribution in [3.05, 3.63) is 86.5 Å². The second-order valence-corrected chi connectivity index (χ2v) is 8.50. The summed E-state index contributed by atoms with van der Waals surface area (Å²) in [5, 5.41) is 0. The summed E-state index contributed by atoms with van der Waals surface area (Å²) in [4.78, 5) is 0. The number of aryl methyl sites for hydroxylation is 6. The molecular weight excluding hydrogens is 384 g/mol. The molecule has 3 aromatic rings. The number of hydrogen-bond donors (Lipinski definition) is 0. The second-order valence-electron chi connectivity index (χ2n) is 8.50. The summed E-state index contributed by atoms with van der Waals surface area (Å²) < 4.78 is 17.3. The molecule has 31 heavy (non-hydrogen) atoms. The number of benzene rings is 3. The summed E-state index contributed by atoms with van der Waals surface area (Å²) in [5.41, 5.74) is 11.2. The maximum Gasteiger partial charge on any atom is 0.130 e. The molecule has 0 saturated heterocycles. The van der Waals surface area contributed by atoms with Crippen LogP contribution in [-0.4, -0.2) is 21.3 Å². The lowest BCUT2D eigenvalue weighted by Gasteiger charge is -2.29. The Morgan fingerprint density at radius 2 is 0.839 bits per heavy atom. The molecule has 0 radical (unpaired) electrons. The minimum absolute atomic E-state index is 0.0305. The molecule has 0 aliphatic heterocycles. The quantitative estimate of drug-likeness (QED) is 0.415. The third-order valence-electron chi connectivity index (χ3n) is 6.10. The Morgan fingerprint density at radius 3 is 1.13 bits per heavy atom. The first-order valence-corrected chi connectivity index (χ1v) is 10.7. The molecule has 0 aliphatic rings. The van der Waals surface area contributed by atoms with Crippen LogP contribution in [0.1, 0.15) is 56.0 Å². The molecule has 0 unspecified atom stereocenters. The van der Waals surface area contributed by atoms with Crippen molar-refractivity contribution >= 4 is 0 Å². The van der Waals surface area contributed by atoms with Crippen molar-refractivity contribution in [1.82, 2.24) is 0 Å². The molecule has 0 N–H and O–H groups in total. The first-order chi connectivity index (χ1) is 14.7. The zero-order chi connectivity index (χ0) is 22.9. The third kappa shape index (κ3) is 4.27. The minimum atomic E-state index is -0.0305. The molecule has 3 heteroatoms. The number of methoxy groups -OCH3 is 3. The van der Waals surface area contributed by atoms with Gasteiger partial charge in [-0.3, -0.25) is 0 Å². The highest BCUT2D eigenvalue weighted by atomic mass is 16.5. The Hall–Kier alpha value is -2.94. The highest BCUT2D eigenvalue weighted by Crippen LogP contribution is 2.48. The average Bonchev–Trinajstić information content (AvgIpc) is 2.70. The molecule has 0 saturated carbocycles. The van der Waals surface area contributed by atoms with E-state index in [-0.39, 0.29) is 5.92 Å². The summed E-state index contributed by atoms with van der Waals surface area (Å²) in [6, 6.07) is 12.9. The van der Waals surface area contributed by atoms with Crippen LogP contribution in [-0.2, 0) is 0 Å². The summed E-state index contributed by atoms with van der Waals surface area (Å²) in [6.07, 6.45) is 0. The van der Waals surface area contributed by atoms with Gasteiger partial charge in [-0.05, 0) is 74.9 Å². The second kappa shape index (κ2) is 9.05. The molecule has 0 atom stereocenters. The lowest BCUT2D eigenvalue weighted by molar-refractivity contribution is 0.368. The van der Waals surface area contributed by atoms with E-state index in [9.17, 15) is 0 Å². The Balaban J connectivity index is 2.48. The molecule has 0 amide bonds. The van der Waals surface area contributed by atoms with E-state index >= 15 is 0 Å². The number of ether oxygens (including phenoxy) is 3. The van der Waals surface area contributed by atoms with Crippen molar-refractivity contribution in [2.24, 2.45) is 0 Å². The van der Waals surface area contributed by atoms with Crippen molar-refractivity contribution in [2.75, 3.05) is 21.3 Å². The molecule has 3 aromatic carbocycles. The molecule has 0 aliphatic carbocycles. The predicted molar refractivity (Wildman–Crippen MR) is 128 cm³/mol. The summed E-state index contributed by atoms with van der Waals surface area (Å²) in [6.45, 7) is 13.1. The van der Waals surface area contributed by atoms with E-state index in [1.807, 2.05) is 12.1 Å². The van der Waals surface area contributed by atoms with Crippen molar-refractivity contribution in [3.63, 3.8) is 0 Å². The molecule has 0 spiro atoms. The van der Waals surface area contributed by atoms with E-state index in [0.717, 1.165) is 17.1 Å². The van der Waals surface area contributed by atoms with Gasteiger partial charge in [-0.1, -0.05) is 35.4 Å². The first-order valence-electron chi connectivity index (χ1n) is 10.7. The lowest BCUT2D eigenvalue weighted by Crippen LogP contribution is -2.14. The predicted octanol–water partition coefficient (Wildman–Crippen LogP) is 6.74. The Morgan fingerprint density at radius 1 is 0.484 bits per heavy atom. The normalized spacial score (nSPS) is 11.0. The van der Waals surface area contributed by atoms with Gasteiger partial charge in [0, 0.05) is 23.6 Å². The Bertz CT molecular complexity index is 983. The molecule has 0 aromatic heterocycles. The van der Waals surface area contributed by atoms with Crippen molar-refractivity contribution in [2.45, 2.75) is 47.5 Å². The molecule has 3 nitrogen and oxygen atoms in total. The zero-order valence-electron chi connectivity index (χ0n) is 20.3. The van der Waals surface area contributed by atoms with Gasteiger partial charge < -0.3 is 14.2 Å². The van der Waals surface area contributed by atoms with Gasteiger partial charge in [-0.25, -0.2) is 0 Å². The molecular formula is C28H34O3. The van der Waals surface area contributed by atoms with Gasteiger partial charge in [-0.15, -0.1) is 0 Å². The highest BCUT2D eigenvalue weighted by Gasteiger charge is 2.30. The van der Waals surface area contributed by atoms with Gasteiger partial charge in [0.1, 0.15) is 17.2 Å². The van der Waals surface area contributed by atoms with Crippen LogP contribution >= 0.6 is 0 Å². The fraction of sp³-hybridized carbons (Fsp3) is 0.357. The van der Waals surface area contributed by atoms with Crippen molar-refractivity contribution < 1.29 is 14.2 Å². The third-order valence-corrected chi connectivity index (χ3v) is 6.10. The summed E-state index contributed by atoms with van der Waals surface area (Å²) in [5.74, 6) is 2.21. The van der Waals surface area contributed by atoms with Crippen LogP contribution in [0.25, 0.3) is 0 Å². The van der Waals surface area contributed by atoms with Gasteiger partial charge in [0.15, 0.2) is 0 Å². The van der Waals surface area contributed by atoms with Gasteiger partial charge >= 0.3 is 0 Å². The minimum Gasteiger partial charge on any atom is -0.496 e. The van der Waals surface area contributed by atoms with Crippen LogP contribution in [0.3, 0.4) is 0 Å². The molecule has 3 rings (SSSR count). The maximum absolute atomic E-state index is 5.90. The van der Waals surface area contributed by atoms with Gasteiger partial charge in [0.25, 0.3) is 0 Å².